The second-order valence-electron chi connectivity index (χ2n) is 3.26. The lowest BCUT2D eigenvalue weighted by Crippen LogP contribution is -2.00. The average Bonchev–Trinajstić information content (AvgIpc) is 2.65. The maximum atomic E-state index is 5.43. The lowest BCUT2D eigenvalue weighted by Gasteiger charge is -2.03. The molecule has 0 radical (unpaired) electrons. The van der Waals surface area contributed by atoms with Gasteiger partial charge in [-0.3, -0.25) is 10.1 Å². The Kier molecular flexibility index (Phi) is 3.00. The van der Waals surface area contributed by atoms with Gasteiger partial charge >= 0.3 is 0 Å². The number of aromatic nitrogens is 4. The Morgan fingerprint density at radius 3 is 2.94 bits per heavy atom. The van der Waals surface area contributed by atoms with Crippen LogP contribution in [0.5, 0.6) is 11.8 Å². The van der Waals surface area contributed by atoms with E-state index in [-0.39, 0.29) is 0 Å². The zero-order valence-electron chi connectivity index (χ0n) is 9.19. The van der Waals surface area contributed by atoms with Crippen LogP contribution in [0.1, 0.15) is 12.6 Å². The van der Waals surface area contributed by atoms with Gasteiger partial charge in [0, 0.05) is 18.3 Å². The van der Waals surface area contributed by atoms with Gasteiger partial charge in [0.05, 0.1) is 12.4 Å². The smallest absolute Gasteiger partial charge is 0.241 e. The predicted molar refractivity (Wildman–Crippen MR) is 59.6 cm³/mol. The van der Waals surface area contributed by atoms with Gasteiger partial charge < -0.3 is 10.1 Å². The van der Waals surface area contributed by atoms with Gasteiger partial charge in [-0.1, -0.05) is 0 Å². The second kappa shape index (κ2) is 4.61. The van der Waals surface area contributed by atoms with Crippen LogP contribution in [0.25, 0.3) is 0 Å². The largest absolute Gasteiger partial charge is 0.417 e. The molecule has 84 valence electrons. The first-order valence-electron chi connectivity index (χ1n) is 5.03. The number of hydrogen-bond acceptors (Lipinski definition) is 5. The number of H-pyrrole nitrogens is 1. The van der Waals surface area contributed by atoms with Crippen LogP contribution in [0, 0.1) is 6.92 Å². The molecule has 0 bridgehead atoms. The summed E-state index contributed by atoms with van der Waals surface area (Å²) in [5.41, 5.74) is 0.936. The van der Waals surface area contributed by atoms with Crippen molar-refractivity contribution in [2.75, 3.05) is 11.9 Å². The van der Waals surface area contributed by atoms with Crippen molar-refractivity contribution in [3.63, 3.8) is 0 Å². The average molecular weight is 219 g/mol. The van der Waals surface area contributed by atoms with Crippen LogP contribution in [-0.2, 0) is 0 Å². The summed E-state index contributed by atoms with van der Waals surface area (Å²) < 4.78 is 5.43. The number of nitrogens with zero attached hydrogens (tertiary/aromatic N) is 3. The van der Waals surface area contributed by atoms with Crippen molar-refractivity contribution in [3.8, 4) is 11.8 Å². The Morgan fingerprint density at radius 2 is 2.25 bits per heavy atom. The highest BCUT2D eigenvalue weighted by atomic mass is 16.5. The molecule has 0 aliphatic heterocycles. The Labute approximate surface area is 93.1 Å². The summed E-state index contributed by atoms with van der Waals surface area (Å²) in [4.78, 5) is 8.24. The van der Waals surface area contributed by atoms with Crippen LogP contribution in [0.15, 0.2) is 18.5 Å². The Hall–Kier alpha value is -2.11. The first-order valence-corrected chi connectivity index (χ1v) is 5.03. The predicted octanol–water partition coefficient (Wildman–Crippen LogP) is 1.73. The molecule has 2 aromatic heterocycles. The van der Waals surface area contributed by atoms with E-state index in [0.29, 0.717) is 17.6 Å². The van der Waals surface area contributed by atoms with Crippen LogP contribution >= 0.6 is 0 Å². The summed E-state index contributed by atoms with van der Waals surface area (Å²) in [5, 5.41) is 9.80. The van der Waals surface area contributed by atoms with Gasteiger partial charge in [-0.15, -0.1) is 5.10 Å². The van der Waals surface area contributed by atoms with Crippen LogP contribution in [0.3, 0.4) is 0 Å². The molecule has 0 atom stereocenters. The molecule has 0 fully saturated rings. The SMILES string of the molecule is CCNc1cncc(Oc2cc(C)[nH]n2)n1. The van der Waals surface area contributed by atoms with Gasteiger partial charge in [0.15, 0.2) is 0 Å². The lowest BCUT2D eigenvalue weighted by atomic mass is 10.5. The van der Waals surface area contributed by atoms with Crippen molar-refractivity contribution in [1.29, 1.82) is 0 Å². The van der Waals surface area contributed by atoms with Crippen LogP contribution in [-0.4, -0.2) is 26.7 Å². The fourth-order valence-corrected chi connectivity index (χ4v) is 1.22. The third kappa shape index (κ3) is 2.47. The molecule has 0 amide bonds. The number of nitrogens with one attached hydrogen (secondary N) is 2. The van der Waals surface area contributed by atoms with E-state index >= 15 is 0 Å². The number of ether oxygens (including phenoxy) is 1. The van der Waals surface area contributed by atoms with Gasteiger partial charge in [0.25, 0.3) is 0 Å². The molecule has 2 rings (SSSR count). The van der Waals surface area contributed by atoms with Crippen molar-refractivity contribution < 1.29 is 4.74 Å². The first-order chi connectivity index (χ1) is 7.78. The van der Waals surface area contributed by atoms with E-state index in [0.717, 1.165) is 12.2 Å². The van der Waals surface area contributed by atoms with Gasteiger partial charge in [0.1, 0.15) is 5.82 Å². The molecule has 0 saturated heterocycles. The fraction of sp³-hybridized carbons (Fsp3) is 0.300. The quantitative estimate of drug-likeness (QED) is 0.819. The highest BCUT2D eigenvalue weighted by Gasteiger charge is 2.03. The van der Waals surface area contributed by atoms with E-state index in [4.69, 9.17) is 4.74 Å². The summed E-state index contributed by atoms with van der Waals surface area (Å²) in [6.45, 7) is 4.69. The van der Waals surface area contributed by atoms with E-state index in [1.807, 2.05) is 13.8 Å². The number of aryl methyl sites for hydroxylation is 1. The Bertz CT molecular complexity index is 468. The molecule has 16 heavy (non-hydrogen) atoms. The normalized spacial score (nSPS) is 10.1. The highest BCUT2D eigenvalue weighted by molar-refractivity contribution is 5.33. The maximum Gasteiger partial charge on any atom is 0.241 e. The summed E-state index contributed by atoms with van der Waals surface area (Å²) in [6.07, 6.45) is 3.19. The molecule has 6 heteroatoms. The molecule has 0 saturated carbocycles. The maximum absolute atomic E-state index is 5.43. The van der Waals surface area contributed by atoms with Crippen molar-refractivity contribution in [1.82, 2.24) is 20.2 Å². The number of rotatable bonds is 4. The zero-order chi connectivity index (χ0) is 11.4. The highest BCUT2D eigenvalue weighted by Crippen LogP contribution is 2.17. The summed E-state index contributed by atoms with van der Waals surface area (Å²) in [6, 6.07) is 1.79. The monoisotopic (exact) mass is 219 g/mol. The standard InChI is InChI=1S/C10H13N5O/c1-3-12-8-5-11-6-10(13-8)16-9-4-7(2)14-15-9/h4-6H,3H2,1-2H3,(H,12,13)(H,14,15). The van der Waals surface area contributed by atoms with E-state index in [2.05, 4.69) is 25.5 Å². The third-order valence-electron chi connectivity index (χ3n) is 1.86. The van der Waals surface area contributed by atoms with Crippen molar-refractivity contribution in [3.05, 3.63) is 24.2 Å². The Balaban J connectivity index is 2.12. The Morgan fingerprint density at radius 1 is 1.38 bits per heavy atom. The molecule has 2 heterocycles. The van der Waals surface area contributed by atoms with Gasteiger partial charge in [-0.25, -0.2) is 0 Å². The number of anilines is 1. The number of hydrogen-bond donors (Lipinski definition) is 2. The van der Waals surface area contributed by atoms with Gasteiger partial charge in [0.2, 0.25) is 11.8 Å². The van der Waals surface area contributed by atoms with E-state index < -0.39 is 0 Å². The minimum Gasteiger partial charge on any atom is -0.417 e. The minimum atomic E-state index is 0.421. The summed E-state index contributed by atoms with van der Waals surface area (Å²) in [7, 11) is 0. The van der Waals surface area contributed by atoms with Crippen molar-refractivity contribution in [2.45, 2.75) is 13.8 Å². The fourth-order valence-electron chi connectivity index (χ4n) is 1.22. The molecule has 2 N–H and O–H groups in total. The molecular weight excluding hydrogens is 206 g/mol. The van der Waals surface area contributed by atoms with Gasteiger partial charge in [-0.05, 0) is 13.8 Å². The zero-order valence-corrected chi connectivity index (χ0v) is 9.19. The second-order valence-corrected chi connectivity index (χ2v) is 3.26. The van der Waals surface area contributed by atoms with Crippen LogP contribution < -0.4 is 10.1 Å². The van der Waals surface area contributed by atoms with Gasteiger partial charge in [-0.2, -0.15) is 4.98 Å². The molecule has 0 spiro atoms. The molecule has 2 aromatic rings. The van der Waals surface area contributed by atoms with Crippen LogP contribution in [0.2, 0.25) is 0 Å². The van der Waals surface area contributed by atoms with Crippen molar-refractivity contribution in [2.24, 2.45) is 0 Å². The summed E-state index contributed by atoms with van der Waals surface area (Å²) in [5.74, 6) is 1.60. The molecule has 0 aromatic carbocycles. The molecule has 6 nitrogen and oxygen atoms in total. The molecule has 0 unspecified atom stereocenters. The van der Waals surface area contributed by atoms with E-state index in [9.17, 15) is 0 Å². The first kappa shape index (κ1) is 10.4. The van der Waals surface area contributed by atoms with Crippen LogP contribution in [0.4, 0.5) is 5.82 Å². The van der Waals surface area contributed by atoms with E-state index in [1.165, 1.54) is 0 Å². The van der Waals surface area contributed by atoms with Crippen molar-refractivity contribution >= 4 is 5.82 Å². The molecular formula is C10H13N5O. The lowest BCUT2D eigenvalue weighted by molar-refractivity contribution is 0.441. The number of aromatic amines is 1. The molecule has 0 aliphatic carbocycles. The summed E-state index contributed by atoms with van der Waals surface area (Å²) >= 11 is 0. The molecule has 0 aliphatic rings. The third-order valence-corrected chi connectivity index (χ3v) is 1.86. The minimum absolute atomic E-state index is 0.421. The van der Waals surface area contributed by atoms with E-state index in [1.54, 1.807) is 18.5 Å². The topological polar surface area (TPSA) is 75.7 Å².